The Morgan fingerprint density at radius 3 is 2.34 bits per heavy atom. The topological polar surface area (TPSA) is 140 Å². The molecule has 3 aromatic heterocycles. The quantitative estimate of drug-likeness (QED) is 0.208. The molecule has 0 atom stereocenters. The second-order valence-corrected chi connectivity index (χ2v) is 12.1. The minimum absolute atomic E-state index is 0.0590. The third-order valence-electron chi connectivity index (χ3n) is 7.31. The molecule has 1 N–H and O–H groups in total. The number of benzene rings is 2. The summed E-state index contributed by atoms with van der Waals surface area (Å²) in [5, 5.41) is -0.610. The van der Waals surface area contributed by atoms with Gasteiger partial charge in [-0.2, -0.15) is 0 Å². The lowest BCUT2D eigenvalue weighted by Gasteiger charge is -2.34. The molecule has 1 fully saturated rings. The summed E-state index contributed by atoms with van der Waals surface area (Å²) in [6, 6.07) is 20.5. The molecule has 1 aliphatic carbocycles. The highest BCUT2D eigenvalue weighted by atomic mass is 32.2. The Morgan fingerprint density at radius 2 is 1.64 bits per heavy atom. The zero-order chi connectivity index (χ0) is 30.7. The lowest BCUT2D eigenvalue weighted by atomic mass is 9.95. The van der Waals surface area contributed by atoms with E-state index in [2.05, 4.69) is 19.7 Å². The van der Waals surface area contributed by atoms with E-state index < -0.39 is 15.3 Å². The average Bonchev–Trinajstić information content (AvgIpc) is 3.38. The van der Waals surface area contributed by atoms with Crippen molar-refractivity contribution in [1.82, 2.24) is 24.5 Å². The highest BCUT2D eigenvalue weighted by molar-refractivity contribution is 7.93. The highest BCUT2D eigenvalue weighted by Gasteiger charge is 2.40. The van der Waals surface area contributed by atoms with E-state index in [0.29, 0.717) is 60.6 Å². The van der Waals surface area contributed by atoms with Crippen molar-refractivity contribution in [2.24, 2.45) is 0 Å². The van der Waals surface area contributed by atoms with Gasteiger partial charge in [0.05, 0.1) is 45.0 Å². The van der Waals surface area contributed by atoms with E-state index >= 15 is 0 Å². The van der Waals surface area contributed by atoms with E-state index in [1.807, 2.05) is 43.3 Å². The molecular weight excluding hydrogens is 584 g/mol. The number of fused-ring (bicyclic) bond motifs is 1. The van der Waals surface area contributed by atoms with Crippen molar-refractivity contribution in [1.29, 1.82) is 0 Å². The maximum Gasteiger partial charge on any atom is 0.237 e. The molecular formula is C31H32N6O6S. The van der Waals surface area contributed by atoms with Gasteiger partial charge in [-0.3, -0.25) is 9.29 Å². The summed E-state index contributed by atoms with van der Waals surface area (Å²) in [6.45, 7) is 2.76. The SMILES string of the molecule is CCOc1cccc(-c2nc3ncc(NS(=O)(=O)C4CC(OCc5ccccc5)C4)nc3n2-c2c(OC)cccc2OC)n1. The second-order valence-electron chi connectivity index (χ2n) is 10.1. The van der Waals surface area contributed by atoms with E-state index in [1.54, 1.807) is 49.1 Å². The van der Waals surface area contributed by atoms with E-state index in [-0.39, 0.29) is 23.2 Å². The number of ether oxygens (including phenoxy) is 4. The normalized spacial score (nSPS) is 16.3. The standard InChI is InChI=1S/C31H32N6O6S/c1-4-42-27-15-8-12-23(33-27)30-35-29-31(37(30)28-24(40-2)13-9-14-25(28)41-3)34-26(18-32-29)36-44(38,39)22-16-21(17-22)43-19-20-10-6-5-7-11-20/h5-15,18,21-22H,4,16-17,19H2,1-3H3,(H,34,36). The van der Waals surface area contributed by atoms with Crippen LogP contribution < -0.4 is 18.9 Å². The summed E-state index contributed by atoms with van der Waals surface area (Å²) in [4.78, 5) is 18.5. The van der Waals surface area contributed by atoms with Crippen molar-refractivity contribution < 1.29 is 27.4 Å². The number of anilines is 1. The van der Waals surface area contributed by atoms with Crippen LogP contribution in [-0.4, -0.2) is 65.1 Å². The molecule has 0 aliphatic heterocycles. The minimum atomic E-state index is -3.76. The van der Waals surface area contributed by atoms with Crippen LogP contribution in [0, 0.1) is 0 Å². The number of methoxy groups -OCH3 is 2. The maximum absolute atomic E-state index is 13.3. The molecule has 0 bridgehead atoms. The fourth-order valence-corrected chi connectivity index (χ4v) is 6.52. The Labute approximate surface area is 255 Å². The number of hydrogen-bond donors (Lipinski definition) is 1. The van der Waals surface area contributed by atoms with Crippen LogP contribution in [0.1, 0.15) is 25.3 Å². The van der Waals surface area contributed by atoms with E-state index in [4.69, 9.17) is 23.9 Å². The number of imidazole rings is 1. The van der Waals surface area contributed by atoms with Crippen LogP contribution in [0.4, 0.5) is 5.82 Å². The van der Waals surface area contributed by atoms with E-state index in [9.17, 15) is 8.42 Å². The van der Waals surface area contributed by atoms with Crippen molar-refractivity contribution in [3.63, 3.8) is 0 Å². The van der Waals surface area contributed by atoms with Crippen LogP contribution in [0.2, 0.25) is 0 Å². The van der Waals surface area contributed by atoms with Gasteiger partial charge >= 0.3 is 0 Å². The maximum atomic E-state index is 13.3. The molecule has 6 rings (SSSR count). The van der Waals surface area contributed by atoms with Crippen LogP contribution in [-0.2, 0) is 21.4 Å². The summed E-state index contributed by atoms with van der Waals surface area (Å²) >= 11 is 0. The lowest BCUT2D eigenvalue weighted by Crippen LogP contribution is -2.43. The van der Waals surface area contributed by atoms with Gasteiger partial charge in [0.25, 0.3) is 0 Å². The largest absolute Gasteiger partial charge is 0.494 e. The molecule has 3 heterocycles. The highest BCUT2D eigenvalue weighted by Crippen LogP contribution is 2.38. The summed E-state index contributed by atoms with van der Waals surface area (Å²) in [6.07, 6.45) is 2.00. The van der Waals surface area contributed by atoms with Crippen molar-refractivity contribution in [3.8, 4) is 34.6 Å². The molecule has 2 aromatic carbocycles. The molecule has 44 heavy (non-hydrogen) atoms. The van der Waals surface area contributed by atoms with Gasteiger partial charge in [-0.05, 0) is 43.5 Å². The fourth-order valence-electron chi connectivity index (χ4n) is 5.03. The number of sulfonamides is 1. The lowest BCUT2D eigenvalue weighted by molar-refractivity contribution is -0.00642. The monoisotopic (exact) mass is 616 g/mol. The number of nitrogens with zero attached hydrogens (tertiary/aromatic N) is 5. The third kappa shape index (κ3) is 5.88. The van der Waals surface area contributed by atoms with Crippen LogP contribution >= 0.6 is 0 Å². The molecule has 1 aliphatic rings. The van der Waals surface area contributed by atoms with Crippen molar-refractivity contribution in [2.45, 2.75) is 37.7 Å². The summed E-state index contributed by atoms with van der Waals surface area (Å²) < 4.78 is 53.8. The summed E-state index contributed by atoms with van der Waals surface area (Å²) in [5.41, 5.74) is 2.59. The van der Waals surface area contributed by atoms with Crippen LogP contribution in [0.3, 0.4) is 0 Å². The number of nitrogens with one attached hydrogen (secondary N) is 1. The molecule has 0 unspecified atom stereocenters. The van der Waals surface area contributed by atoms with E-state index in [1.165, 1.54) is 6.20 Å². The zero-order valence-electron chi connectivity index (χ0n) is 24.5. The first-order valence-electron chi connectivity index (χ1n) is 14.1. The van der Waals surface area contributed by atoms with Gasteiger partial charge in [-0.1, -0.05) is 42.5 Å². The molecule has 0 spiro atoms. The Hall–Kier alpha value is -4.75. The number of aromatic nitrogens is 5. The predicted octanol–water partition coefficient (Wildman–Crippen LogP) is 4.78. The number of para-hydroxylation sites is 1. The summed E-state index contributed by atoms with van der Waals surface area (Å²) in [5.74, 6) is 1.84. The third-order valence-corrected chi connectivity index (χ3v) is 9.06. The molecule has 12 nitrogen and oxygen atoms in total. The second kappa shape index (κ2) is 12.5. The molecule has 13 heteroatoms. The summed E-state index contributed by atoms with van der Waals surface area (Å²) in [7, 11) is -0.667. The van der Waals surface area contributed by atoms with Crippen LogP contribution in [0.15, 0.2) is 72.9 Å². The van der Waals surface area contributed by atoms with Gasteiger partial charge in [-0.15, -0.1) is 0 Å². The van der Waals surface area contributed by atoms with Gasteiger partial charge in [0.1, 0.15) is 22.9 Å². The fraction of sp³-hybridized carbons (Fsp3) is 0.290. The molecule has 0 saturated heterocycles. The minimum Gasteiger partial charge on any atom is -0.494 e. The van der Waals surface area contributed by atoms with E-state index in [0.717, 1.165) is 5.56 Å². The van der Waals surface area contributed by atoms with Gasteiger partial charge in [0.2, 0.25) is 15.9 Å². The average molecular weight is 617 g/mol. The Balaban J connectivity index is 1.33. The first kappa shape index (κ1) is 29.3. The van der Waals surface area contributed by atoms with Crippen molar-refractivity contribution in [3.05, 3.63) is 78.5 Å². The smallest absolute Gasteiger partial charge is 0.237 e. The predicted molar refractivity (Wildman–Crippen MR) is 165 cm³/mol. The van der Waals surface area contributed by atoms with Gasteiger partial charge in [0, 0.05) is 6.07 Å². The molecule has 228 valence electrons. The molecule has 5 aromatic rings. The van der Waals surface area contributed by atoms with Crippen LogP contribution in [0.5, 0.6) is 17.4 Å². The van der Waals surface area contributed by atoms with Gasteiger partial charge in [0.15, 0.2) is 22.9 Å². The number of pyridine rings is 1. The Bertz CT molecular complexity index is 1850. The zero-order valence-corrected chi connectivity index (χ0v) is 25.3. The van der Waals surface area contributed by atoms with Crippen LogP contribution in [0.25, 0.3) is 28.5 Å². The molecule has 1 saturated carbocycles. The Kier molecular flexibility index (Phi) is 8.31. The van der Waals surface area contributed by atoms with Gasteiger partial charge in [-0.25, -0.2) is 28.4 Å². The first-order valence-corrected chi connectivity index (χ1v) is 15.7. The van der Waals surface area contributed by atoms with Gasteiger partial charge < -0.3 is 18.9 Å². The molecule has 0 amide bonds. The number of hydrogen-bond acceptors (Lipinski definition) is 10. The Morgan fingerprint density at radius 1 is 0.909 bits per heavy atom. The number of rotatable bonds is 12. The molecule has 0 radical (unpaired) electrons. The van der Waals surface area contributed by atoms with Crippen molar-refractivity contribution >= 4 is 27.1 Å². The first-order chi connectivity index (χ1) is 21.4. The van der Waals surface area contributed by atoms with Crippen molar-refractivity contribution in [2.75, 3.05) is 25.5 Å².